The summed E-state index contributed by atoms with van der Waals surface area (Å²) in [6.45, 7) is 4.40. The lowest BCUT2D eigenvalue weighted by Gasteiger charge is -2.34. The monoisotopic (exact) mass is 399 g/mol. The first kappa shape index (κ1) is 17.8. The number of benzene rings is 3. The number of hydrogen-bond donors (Lipinski definition) is 0. The van der Waals surface area contributed by atoms with E-state index in [2.05, 4.69) is 40.9 Å². The molecule has 4 aromatic rings. The van der Waals surface area contributed by atoms with E-state index in [0.717, 1.165) is 33.8 Å². The van der Waals surface area contributed by atoms with Gasteiger partial charge in [0.25, 0.3) is 0 Å². The molecule has 3 aromatic carbocycles. The molecule has 1 aliphatic rings. The van der Waals surface area contributed by atoms with Crippen molar-refractivity contribution in [3.63, 3.8) is 0 Å². The van der Waals surface area contributed by atoms with Crippen LogP contribution in [-0.4, -0.2) is 15.0 Å². The fraction of sp³-hybridized carbons (Fsp3) is 0.125. The molecule has 5 heteroatoms. The molecular formula is C24H18ClN3O. The quantitative estimate of drug-likeness (QED) is 0.397. The Hall–Kier alpha value is -3.24. The van der Waals surface area contributed by atoms with E-state index in [9.17, 15) is 0 Å². The molecule has 0 bridgehead atoms. The number of aromatic nitrogens is 3. The third kappa shape index (κ3) is 3.06. The Morgan fingerprint density at radius 2 is 1.34 bits per heavy atom. The lowest BCUT2D eigenvalue weighted by molar-refractivity contribution is 0.418. The third-order valence-electron chi connectivity index (χ3n) is 5.33. The SMILES string of the molecule is CC1(C)c2ccccc2Oc2ccc(-c3nc(Cl)nc(-c4ccccc4)n3)cc21. The molecule has 1 aromatic heterocycles. The summed E-state index contributed by atoms with van der Waals surface area (Å²) in [7, 11) is 0. The van der Waals surface area contributed by atoms with E-state index in [4.69, 9.17) is 16.3 Å². The minimum Gasteiger partial charge on any atom is -0.457 e. The van der Waals surface area contributed by atoms with Crippen LogP contribution in [0.5, 0.6) is 11.5 Å². The topological polar surface area (TPSA) is 47.9 Å². The highest BCUT2D eigenvalue weighted by molar-refractivity contribution is 6.28. The van der Waals surface area contributed by atoms with Crippen molar-refractivity contribution >= 4 is 11.6 Å². The van der Waals surface area contributed by atoms with Gasteiger partial charge >= 0.3 is 0 Å². The van der Waals surface area contributed by atoms with Crippen LogP contribution in [0.15, 0.2) is 72.8 Å². The molecule has 0 N–H and O–H groups in total. The van der Waals surface area contributed by atoms with Gasteiger partial charge in [-0.1, -0.05) is 62.4 Å². The molecule has 0 spiro atoms. The molecule has 0 radical (unpaired) electrons. The highest BCUT2D eigenvalue weighted by Crippen LogP contribution is 2.48. The number of nitrogens with zero attached hydrogens (tertiary/aromatic N) is 3. The zero-order valence-corrected chi connectivity index (χ0v) is 16.8. The standard InChI is InChI=1S/C24H18ClN3O/c1-24(2)17-10-6-7-11-19(17)29-20-13-12-16(14-18(20)24)22-26-21(27-23(25)28-22)15-8-4-3-5-9-15/h3-14H,1-2H3. The van der Waals surface area contributed by atoms with Gasteiger partial charge in [0.2, 0.25) is 5.28 Å². The van der Waals surface area contributed by atoms with Gasteiger partial charge in [-0.05, 0) is 35.9 Å². The number of fused-ring (bicyclic) bond motifs is 2. The first-order valence-corrected chi connectivity index (χ1v) is 9.79. The van der Waals surface area contributed by atoms with Gasteiger partial charge in [0.05, 0.1) is 0 Å². The molecule has 0 saturated heterocycles. The molecule has 142 valence electrons. The van der Waals surface area contributed by atoms with Gasteiger partial charge in [0.1, 0.15) is 11.5 Å². The largest absolute Gasteiger partial charge is 0.457 e. The fourth-order valence-corrected chi connectivity index (χ4v) is 3.94. The Kier molecular flexibility index (Phi) is 4.10. The Morgan fingerprint density at radius 1 is 0.690 bits per heavy atom. The second-order valence-electron chi connectivity index (χ2n) is 7.55. The molecule has 0 atom stereocenters. The average Bonchev–Trinajstić information content (AvgIpc) is 2.74. The predicted molar refractivity (Wildman–Crippen MR) is 114 cm³/mol. The van der Waals surface area contributed by atoms with Crippen molar-refractivity contribution in [2.45, 2.75) is 19.3 Å². The van der Waals surface area contributed by atoms with E-state index in [1.54, 1.807) is 0 Å². The van der Waals surface area contributed by atoms with Crippen LogP contribution < -0.4 is 4.74 Å². The first-order valence-electron chi connectivity index (χ1n) is 9.41. The number of hydrogen-bond acceptors (Lipinski definition) is 4. The molecule has 29 heavy (non-hydrogen) atoms. The van der Waals surface area contributed by atoms with Crippen LogP contribution >= 0.6 is 11.6 Å². The maximum atomic E-state index is 6.23. The number of rotatable bonds is 2. The molecule has 0 saturated carbocycles. The maximum absolute atomic E-state index is 6.23. The van der Waals surface area contributed by atoms with Gasteiger partial charge in [0.15, 0.2) is 11.6 Å². The van der Waals surface area contributed by atoms with E-state index >= 15 is 0 Å². The van der Waals surface area contributed by atoms with Crippen molar-refractivity contribution < 1.29 is 4.74 Å². The van der Waals surface area contributed by atoms with Crippen molar-refractivity contribution in [3.8, 4) is 34.3 Å². The summed E-state index contributed by atoms with van der Waals surface area (Å²) in [5.41, 5.74) is 3.81. The van der Waals surface area contributed by atoms with E-state index in [1.807, 2.05) is 60.7 Å². The number of halogens is 1. The normalized spacial score (nSPS) is 13.9. The van der Waals surface area contributed by atoms with Gasteiger partial charge < -0.3 is 4.74 Å². The lowest BCUT2D eigenvalue weighted by Crippen LogP contribution is -2.24. The molecule has 4 nitrogen and oxygen atoms in total. The van der Waals surface area contributed by atoms with Crippen LogP contribution in [0.25, 0.3) is 22.8 Å². The van der Waals surface area contributed by atoms with Gasteiger partial charge in [-0.25, -0.2) is 4.98 Å². The Labute approximate surface area is 174 Å². The van der Waals surface area contributed by atoms with Gasteiger partial charge in [-0.2, -0.15) is 9.97 Å². The summed E-state index contributed by atoms with van der Waals surface area (Å²) in [5.74, 6) is 2.84. The zero-order valence-electron chi connectivity index (χ0n) is 16.1. The Balaban J connectivity index is 1.63. The average molecular weight is 400 g/mol. The summed E-state index contributed by atoms with van der Waals surface area (Å²) in [6, 6.07) is 23.9. The van der Waals surface area contributed by atoms with Crippen molar-refractivity contribution in [3.05, 3.63) is 89.2 Å². The van der Waals surface area contributed by atoms with Crippen molar-refractivity contribution in [1.82, 2.24) is 15.0 Å². The molecule has 2 heterocycles. The molecule has 1 aliphatic heterocycles. The minimum absolute atomic E-state index is 0.174. The van der Waals surface area contributed by atoms with E-state index in [0.29, 0.717) is 11.6 Å². The summed E-state index contributed by atoms with van der Waals surface area (Å²) in [6.07, 6.45) is 0. The number of para-hydroxylation sites is 1. The van der Waals surface area contributed by atoms with Gasteiger partial charge in [-0.15, -0.1) is 0 Å². The smallest absolute Gasteiger partial charge is 0.226 e. The van der Waals surface area contributed by atoms with Crippen molar-refractivity contribution in [2.75, 3.05) is 0 Å². The summed E-state index contributed by atoms with van der Waals surface area (Å²) in [5, 5.41) is 0.174. The molecular weight excluding hydrogens is 382 g/mol. The van der Waals surface area contributed by atoms with Crippen molar-refractivity contribution in [1.29, 1.82) is 0 Å². The van der Waals surface area contributed by atoms with E-state index in [1.165, 1.54) is 0 Å². The predicted octanol–water partition coefficient (Wildman–Crippen LogP) is 6.29. The van der Waals surface area contributed by atoms with E-state index < -0.39 is 0 Å². The Morgan fingerprint density at radius 3 is 2.14 bits per heavy atom. The van der Waals surface area contributed by atoms with Crippen LogP contribution in [0.2, 0.25) is 5.28 Å². The fourth-order valence-electron chi connectivity index (χ4n) is 3.78. The Bertz CT molecular complexity index is 1220. The molecule has 0 aliphatic carbocycles. The summed E-state index contributed by atoms with van der Waals surface area (Å²) in [4.78, 5) is 13.3. The second kappa shape index (κ2) is 6.68. The number of ether oxygens (including phenoxy) is 1. The highest BCUT2D eigenvalue weighted by atomic mass is 35.5. The highest BCUT2D eigenvalue weighted by Gasteiger charge is 2.34. The molecule has 0 amide bonds. The van der Waals surface area contributed by atoms with Crippen LogP contribution in [0, 0.1) is 0 Å². The minimum atomic E-state index is -0.209. The van der Waals surface area contributed by atoms with Crippen molar-refractivity contribution in [2.24, 2.45) is 0 Å². The molecule has 0 unspecified atom stereocenters. The van der Waals surface area contributed by atoms with Gasteiger partial charge in [0, 0.05) is 27.7 Å². The third-order valence-corrected chi connectivity index (χ3v) is 5.50. The van der Waals surface area contributed by atoms with Crippen LogP contribution in [0.4, 0.5) is 0 Å². The first-order chi connectivity index (χ1) is 14.0. The summed E-state index contributed by atoms with van der Waals surface area (Å²) < 4.78 is 6.14. The van der Waals surface area contributed by atoms with E-state index in [-0.39, 0.29) is 10.7 Å². The van der Waals surface area contributed by atoms with Crippen LogP contribution in [-0.2, 0) is 5.41 Å². The summed E-state index contributed by atoms with van der Waals surface area (Å²) >= 11 is 6.23. The molecule has 5 rings (SSSR count). The molecule has 0 fully saturated rings. The zero-order chi connectivity index (χ0) is 20.0. The maximum Gasteiger partial charge on any atom is 0.226 e. The second-order valence-corrected chi connectivity index (χ2v) is 7.89. The van der Waals surface area contributed by atoms with Crippen LogP contribution in [0.3, 0.4) is 0 Å². The van der Waals surface area contributed by atoms with Gasteiger partial charge in [-0.3, -0.25) is 0 Å². The van der Waals surface area contributed by atoms with Crippen LogP contribution in [0.1, 0.15) is 25.0 Å². The lowest BCUT2D eigenvalue weighted by atomic mass is 9.75.